The second kappa shape index (κ2) is 6.11. The van der Waals surface area contributed by atoms with E-state index in [2.05, 4.69) is 23.9 Å². The van der Waals surface area contributed by atoms with Crippen molar-refractivity contribution in [2.75, 3.05) is 12.4 Å². The van der Waals surface area contributed by atoms with Crippen LogP contribution in [-0.2, 0) is 14.8 Å². The standard InChI is InChI=1S/C14H22N2O3S/c1-10-7-13(8-11(2)19-10)16-12-5-4-6-14(9-12)20(17,18)15-3/h4-6,9-11,13,15-16H,7-8H2,1-3H3. The first-order valence-corrected chi connectivity index (χ1v) is 8.34. The minimum atomic E-state index is -3.40. The van der Waals surface area contributed by atoms with E-state index in [1.54, 1.807) is 18.2 Å². The first-order chi connectivity index (χ1) is 9.40. The molecule has 0 radical (unpaired) electrons. The monoisotopic (exact) mass is 298 g/mol. The van der Waals surface area contributed by atoms with E-state index in [4.69, 9.17) is 4.74 Å². The molecule has 1 fully saturated rings. The number of sulfonamides is 1. The molecule has 0 aromatic heterocycles. The Hall–Kier alpha value is -1.11. The smallest absolute Gasteiger partial charge is 0.240 e. The second-order valence-corrected chi connectivity index (χ2v) is 7.19. The molecular weight excluding hydrogens is 276 g/mol. The Kier molecular flexibility index (Phi) is 4.67. The first kappa shape index (κ1) is 15.3. The lowest BCUT2D eigenvalue weighted by molar-refractivity contribution is -0.0337. The molecule has 1 saturated heterocycles. The Morgan fingerprint density at radius 1 is 1.20 bits per heavy atom. The van der Waals surface area contributed by atoms with Crippen molar-refractivity contribution in [3.05, 3.63) is 24.3 Å². The highest BCUT2D eigenvalue weighted by Crippen LogP contribution is 2.23. The van der Waals surface area contributed by atoms with E-state index in [1.807, 2.05) is 6.07 Å². The first-order valence-electron chi connectivity index (χ1n) is 6.86. The molecule has 5 nitrogen and oxygen atoms in total. The minimum Gasteiger partial charge on any atom is -0.382 e. The second-order valence-electron chi connectivity index (χ2n) is 5.31. The van der Waals surface area contributed by atoms with Crippen LogP contribution in [0.3, 0.4) is 0 Å². The Morgan fingerprint density at radius 2 is 1.85 bits per heavy atom. The summed E-state index contributed by atoms with van der Waals surface area (Å²) >= 11 is 0. The molecule has 0 bridgehead atoms. The van der Waals surface area contributed by atoms with Gasteiger partial charge in [0.1, 0.15) is 0 Å². The van der Waals surface area contributed by atoms with Gasteiger partial charge >= 0.3 is 0 Å². The van der Waals surface area contributed by atoms with Crippen LogP contribution in [0.4, 0.5) is 5.69 Å². The fourth-order valence-electron chi connectivity index (χ4n) is 2.63. The number of ether oxygens (including phenoxy) is 1. The van der Waals surface area contributed by atoms with Crippen LogP contribution in [0.15, 0.2) is 29.2 Å². The van der Waals surface area contributed by atoms with Gasteiger partial charge in [-0.3, -0.25) is 0 Å². The lowest BCUT2D eigenvalue weighted by Crippen LogP contribution is -2.36. The highest BCUT2D eigenvalue weighted by Gasteiger charge is 2.24. The molecule has 2 N–H and O–H groups in total. The van der Waals surface area contributed by atoms with Crippen LogP contribution in [-0.4, -0.2) is 33.7 Å². The van der Waals surface area contributed by atoms with Crippen molar-refractivity contribution in [2.24, 2.45) is 0 Å². The molecule has 1 aliphatic heterocycles. The van der Waals surface area contributed by atoms with Crippen molar-refractivity contribution >= 4 is 15.7 Å². The number of hydrogen-bond acceptors (Lipinski definition) is 4. The average Bonchev–Trinajstić information content (AvgIpc) is 2.38. The van der Waals surface area contributed by atoms with Gasteiger partial charge in [-0.05, 0) is 51.9 Å². The van der Waals surface area contributed by atoms with Crippen molar-refractivity contribution in [1.82, 2.24) is 4.72 Å². The molecule has 1 aromatic carbocycles. The van der Waals surface area contributed by atoms with E-state index in [1.165, 1.54) is 7.05 Å². The van der Waals surface area contributed by atoms with E-state index >= 15 is 0 Å². The van der Waals surface area contributed by atoms with Crippen LogP contribution in [0.2, 0.25) is 0 Å². The van der Waals surface area contributed by atoms with E-state index in [0.717, 1.165) is 18.5 Å². The third-order valence-electron chi connectivity index (χ3n) is 3.48. The Morgan fingerprint density at radius 3 is 2.45 bits per heavy atom. The van der Waals surface area contributed by atoms with Crippen molar-refractivity contribution in [3.63, 3.8) is 0 Å². The van der Waals surface area contributed by atoms with Crippen LogP contribution < -0.4 is 10.0 Å². The van der Waals surface area contributed by atoms with Crippen LogP contribution in [0.25, 0.3) is 0 Å². The van der Waals surface area contributed by atoms with E-state index in [9.17, 15) is 8.42 Å². The summed E-state index contributed by atoms with van der Waals surface area (Å²) in [5.41, 5.74) is 0.827. The van der Waals surface area contributed by atoms with Gasteiger partial charge in [-0.25, -0.2) is 13.1 Å². The van der Waals surface area contributed by atoms with Crippen LogP contribution in [0.1, 0.15) is 26.7 Å². The minimum absolute atomic E-state index is 0.223. The number of anilines is 1. The number of rotatable bonds is 4. The molecule has 0 aliphatic carbocycles. The molecular formula is C14H22N2O3S. The maximum atomic E-state index is 11.8. The van der Waals surface area contributed by atoms with Gasteiger partial charge in [0, 0.05) is 11.7 Å². The number of hydrogen-bond donors (Lipinski definition) is 2. The summed E-state index contributed by atoms with van der Waals surface area (Å²) in [7, 11) is -1.98. The van der Waals surface area contributed by atoms with Crippen molar-refractivity contribution in [3.8, 4) is 0 Å². The van der Waals surface area contributed by atoms with Gasteiger partial charge in [-0.1, -0.05) is 6.07 Å². The molecule has 112 valence electrons. The number of nitrogens with one attached hydrogen (secondary N) is 2. The average molecular weight is 298 g/mol. The van der Waals surface area contributed by atoms with Crippen molar-refractivity contribution < 1.29 is 13.2 Å². The Labute approximate surface area is 120 Å². The SMILES string of the molecule is CNS(=O)(=O)c1cccc(NC2CC(C)OC(C)C2)c1. The molecule has 0 amide bonds. The van der Waals surface area contributed by atoms with Crippen molar-refractivity contribution in [1.29, 1.82) is 0 Å². The van der Waals surface area contributed by atoms with Gasteiger partial charge in [0.15, 0.2) is 0 Å². The van der Waals surface area contributed by atoms with Crippen LogP contribution in [0.5, 0.6) is 0 Å². The molecule has 6 heteroatoms. The fourth-order valence-corrected chi connectivity index (χ4v) is 3.41. The van der Waals surface area contributed by atoms with Gasteiger partial charge in [0.2, 0.25) is 10.0 Å². The molecule has 20 heavy (non-hydrogen) atoms. The Balaban J connectivity index is 2.12. The summed E-state index contributed by atoms with van der Waals surface area (Å²) in [6.45, 7) is 4.12. The molecule has 2 atom stereocenters. The van der Waals surface area contributed by atoms with Gasteiger partial charge < -0.3 is 10.1 Å². The maximum absolute atomic E-state index is 11.8. The zero-order chi connectivity index (χ0) is 14.8. The highest BCUT2D eigenvalue weighted by molar-refractivity contribution is 7.89. The van der Waals surface area contributed by atoms with Gasteiger partial charge in [0.05, 0.1) is 17.1 Å². The lowest BCUT2D eigenvalue weighted by atomic mass is 9.99. The molecule has 1 aromatic rings. The van der Waals surface area contributed by atoms with Crippen molar-refractivity contribution in [2.45, 2.75) is 49.8 Å². The molecule has 2 rings (SSSR count). The third-order valence-corrected chi connectivity index (χ3v) is 4.89. The van der Waals surface area contributed by atoms with Gasteiger partial charge in [0.25, 0.3) is 0 Å². The predicted molar refractivity (Wildman–Crippen MR) is 79.3 cm³/mol. The Bertz CT molecular complexity index is 549. The quantitative estimate of drug-likeness (QED) is 0.892. The molecule has 1 aliphatic rings. The van der Waals surface area contributed by atoms with Gasteiger partial charge in [-0.15, -0.1) is 0 Å². The fraction of sp³-hybridized carbons (Fsp3) is 0.571. The summed E-state index contributed by atoms with van der Waals surface area (Å²) in [5.74, 6) is 0. The van der Waals surface area contributed by atoms with Crippen LogP contribution in [0, 0.1) is 0 Å². The topological polar surface area (TPSA) is 67.4 Å². The normalized spacial score (nSPS) is 27.2. The molecule has 0 spiro atoms. The van der Waals surface area contributed by atoms with Gasteiger partial charge in [-0.2, -0.15) is 0 Å². The van der Waals surface area contributed by atoms with E-state index in [0.29, 0.717) is 6.04 Å². The summed E-state index contributed by atoms with van der Waals surface area (Å²) in [5, 5.41) is 3.41. The lowest BCUT2D eigenvalue weighted by Gasteiger charge is -2.33. The van der Waals surface area contributed by atoms with E-state index < -0.39 is 10.0 Å². The molecule has 1 heterocycles. The molecule has 2 unspecified atom stereocenters. The number of benzene rings is 1. The summed E-state index contributed by atoms with van der Waals surface area (Å²) in [4.78, 5) is 0.276. The highest BCUT2D eigenvalue weighted by atomic mass is 32.2. The predicted octanol–water partition coefficient (Wildman–Crippen LogP) is 1.96. The van der Waals surface area contributed by atoms with E-state index in [-0.39, 0.29) is 17.1 Å². The maximum Gasteiger partial charge on any atom is 0.240 e. The largest absolute Gasteiger partial charge is 0.382 e. The zero-order valence-corrected chi connectivity index (χ0v) is 12.9. The zero-order valence-electron chi connectivity index (χ0n) is 12.1. The summed E-state index contributed by atoms with van der Waals surface area (Å²) < 4.78 is 31.6. The summed E-state index contributed by atoms with van der Waals surface area (Å²) in [6, 6.07) is 7.20. The summed E-state index contributed by atoms with van der Waals surface area (Å²) in [6.07, 6.45) is 2.29. The molecule has 0 saturated carbocycles. The van der Waals surface area contributed by atoms with Crippen LogP contribution >= 0.6 is 0 Å². The third kappa shape index (κ3) is 3.71.